The van der Waals surface area contributed by atoms with E-state index in [4.69, 9.17) is 0 Å². The summed E-state index contributed by atoms with van der Waals surface area (Å²) in [5.41, 5.74) is 0.989. The third-order valence-corrected chi connectivity index (χ3v) is 5.94. The number of nitrogens with zero attached hydrogens (tertiary/aromatic N) is 2. The van der Waals surface area contributed by atoms with Crippen LogP contribution in [0.15, 0.2) is 71.8 Å². The molecule has 1 heterocycles. The van der Waals surface area contributed by atoms with Crippen molar-refractivity contribution in [3.8, 4) is 0 Å². The normalized spacial score (nSPS) is 12.9. The van der Waals surface area contributed by atoms with Crippen molar-refractivity contribution in [1.82, 2.24) is 9.29 Å². The van der Waals surface area contributed by atoms with Crippen LogP contribution in [0.25, 0.3) is 0 Å². The molecule has 0 spiro atoms. The number of sulfonamides is 1. The molecule has 27 heavy (non-hydrogen) atoms. The van der Waals surface area contributed by atoms with Crippen molar-refractivity contribution in [1.29, 1.82) is 0 Å². The maximum Gasteiger partial charge on any atom is 0.246 e. The molecule has 0 fully saturated rings. The molecule has 0 amide bonds. The Morgan fingerprint density at radius 1 is 0.889 bits per heavy atom. The summed E-state index contributed by atoms with van der Waals surface area (Å²) in [6.45, 7) is 0. The van der Waals surface area contributed by atoms with Crippen LogP contribution in [0, 0.1) is 17.5 Å². The molecule has 1 aromatic heterocycles. The van der Waals surface area contributed by atoms with Gasteiger partial charge in [-0.25, -0.2) is 21.6 Å². The topological polar surface area (TPSA) is 50.3 Å². The van der Waals surface area contributed by atoms with Crippen LogP contribution < -0.4 is 0 Å². The van der Waals surface area contributed by atoms with Crippen molar-refractivity contribution in [2.75, 3.05) is 7.05 Å². The fraction of sp³-hybridized carbons (Fsp3) is 0.105. The van der Waals surface area contributed by atoms with E-state index < -0.39 is 38.4 Å². The number of hydrogen-bond acceptors (Lipinski definition) is 3. The van der Waals surface area contributed by atoms with Crippen LogP contribution in [0.2, 0.25) is 0 Å². The highest BCUT2D eigenvalue weighted by Crippen LogP contribution is 2.32. The molecule has 0 unspecified atom stereocenters. The first-order chi connectivity index (χ1) is 12.8. The Labute approximate surface area is 155 Å². The number of aromatic nitrogens is 1. The first-order valence-corrected chi connectivity index (χ1v) is 9.35. The van der Waals surface area contributed by atoms with Crippen molar-refractivity contribution in [2.45, 2.75) is 10.9 Å². The zero-order valence-electron chi connectivity index (χ0n) is 14.2. The number of benzene rings is 2. The second-order valence-corrected chi connectivity index (χ2v) is 7.73. The second-order valence-electron chi connectivity index (χ2n) is 5.76. The Bertz CT molecular complexity index is 1010. The molecule has 0 bridgehead atoms. The summed E-state index contributed by atoms with van der Waals surface area (Å²) in [7, 11) is -3.25. The third kappa shape index (κ3) is 3.58. The maximum absolute atomic E-state index is 14.2. The van der Waals surface area contributed by atoms with Gasteiger partial charge in [-0.05, 0) is 29.8 Å². The number of pyridine rings is 1. The van der Waals surface area contributed by atoms with Gasteiger partial charge in [-0.15, -0.1) is 0 Å². The van der Waals surface area contributed by atoms with Crippen LogP contribution in [-0.2, 0) is 10.0 Å². The van der Waals surface area contributed by atoms with Crippen molar-refractivity contribution in [3.63, 3.8) is 0 Å². The minimum absolute atomic E-state index is 0.401. The van der Waals surface area contributed by atoms with E-state index in [1.807, 2.05) is 0 Å². The van der Waals surface area contributed by atoms with Crippen molar-refractivity contribution < 1.29 is 21.6 Å². The van der Waals surface area contributed by atoms with E-state index in [0.717, 1.165) is 4.31 Å². The third-order valence-electron chi connectivity index (χ3n) is 4.10. The van der Waals surface area contributed by atoms with Gasteiger partial charge >= 0.3 is 0 Å². The maximum atomic E-state index is 14.2. The highest BCUT2D eigenvalue weighted by atomic mass is 32.2. The van der Waals surface area contributed by atoms with Crippen LogP contribution in [-0.4, -0.2) is 24.8 Å². The zero-order chi connectivity index (χ0) is 19.6. The lowest BCUT2D eigenvalue weighted by Gasteiger charge is -2.27. The van der Waals surface area contributed by atoms with Crippen LogP contribution in [0.3, 0.4) is 0 Å². The highest BCUT2D eigenvalue weighted by Gasteiger charge is 2.34. The molecule has 0 saturated carbocycles. The van der Waals surface area contributed by atoms with Crippen molar-refractivity contribution in [3.05, 3.63) is 95.6 Å². The Balaban J connectivity index is 2.14. The molecule has 4 nitrogen and oxygen atoms in total. The number of halogens is 3. The summed E-state index contributed by atoms with van der Waals surface area (Å²) in [5, 5.41) is 0. The van der Waals surface area contributed by atoms with E-state index >= 15 is 0 Å². The SMILES string of the molecule is CN([C@@H](c1ccccc1)c1ccccn1)S(=O)(=O)c1ccc(F)c(F)c1F. The molecule has 0 aliphatic carbocycles. The van der Waals surface area contributed by atoms with Gasteiger partial charge in [0.25, 0.3) is 0 Å². The fourth-order valence-electron chi connectivity index (χ4n) is 2.74. The largest absolute Gasteiger partial charge is 0.259 e. The molecule has 8 heteroatoms. The smallest absolute Gasteiger partial charge is 0.246 e. The summed E-state index contributed by atoms with van der Waals surface area (Å²) in [6, 6.07) is 14.0. The summed E-state index contributed by atoms with van der Waals surface area (Å²) >= 11 is 0. The van der Waals surface area contributed by atoms with E-state index in [1.165, 1.54) is 13.2 Å². The van der Waals surface area contributed by atoms with Gasteiger partial charge in [0.15, 0.2) is 17.5 Å². The molecule has 2 aromatic carbocycles. The average Bonchev–Trinajstić information content (AvgIpc) is 2.68. The monoisotopic (exact) mass is 392 g/mol. The van der Waals surface area contributed by atoms with Crippen LogP contribution >= 0.6 is 0 Å². The lowest BCUT2D eigenvalue weighted by molar-refractivity contribution is 0.398. The molecule has 0 aliphatic heterocycles. The molecular weight excluding hydrogens is 377 g/mol. The van der Waals surface area contributed by atoms with Crippen LogP contribution in [0.1, 0.15) is 17.3 Å². The Morgan fingerprint density at radius 3 is 2.19 bits per heavy atom. The lowest BCUT2D eigenvalue weighted by Crippen LogP contribution is -2.33. The molecule has 140 valence electrons. The second kappa shape index (κ2) is 7.50. The Kier molecular flexibility index (Phi) is 5.29. The first kappa shape index (κ1) is 19.1. The molecular formula is C19H15F3N2O2S. The van der Waals surface area contributed by atoms with Gasteiger partial charge in [0, 0.05) is 13.2 Å². The van der Waals surface area contributed by atoms with E-state index in [9.17, 15) is 21.6 Å². The molecule has 3 aromatic rings. The van der Waals surface area contributed by atoms with E-state index in [0.29, 0.717) is 23.4 Å². The molecule has 0 N–H and O–H groups in total. The Hall–Kier alpha value is -2.71. The van der Waals surface area contributed by atoms with Gasteiger partial charge in [-0.1, -0.05) is 36.4 Å². The first-order valence-electron chi connectivity index (χ1n) is 7.91. The van der Waals surface area contributed by atoms with Gasteiger partial charge in [-0.2, -0.15) is 4.31 Å². The predicted octanol–water partition coefficient (Wildman–Crippen LogP) is 3.91. The molecule has 0 radical (unpaired) electrons. The molecule has 3 rings (SSSR count). The summed E-state index contributed by atoms with van der Waals surface area (Å²) in [6.07, 6.45) is 1.50. The Morgan fingerprint density at radius 2 is 1.56 bits per heavy atom. The van der Waals surface area contributed by atoms with Gasteiger partial charge in [-0.3, -0.25) is 4.98 Å². The van der Waals surface area contributed by atoms with Gasteiger partial charge in [0.2, 0.25) is 10.0 Å². The quantitative estimate of drug-likeness (QED) is 0.619. The van der Waals surface area contributed by atoms with E-state index in [1.54, 1.807) is 48.5 Å². The molecule has 1 atom stereocenters. The minimum Gasteiger partial charge on any atom is -0.259 e. The van der Waals surface area contributed by atoms with Crippen molar-refractivity contribution >= 4 is 10.0 Å². The summed E-state index contributed by atoms with van der Waals surface area (Å²) < 4.78 is 67.8. The van der Waals surface area contributed by atoms with Crippen molar-refractivity contribution in [2.24, 2.45) is 0 Å². The van der Waals surface area contributed by atoms with E-state index in [-0.39, 0.29) is 0 Å². The minimum atomic E-state index is -4.49. The molecule has 0 saturated heterocycles. The fourth-order valence-corrected chi connectivity index (χ4v) is 4.11. The van der Waals surface area contributed by atoms with Crippen LogP contribution in [0.5, 0.6) is 0 Å². The van der Waals surface area contributed by atoms with Gasteiger partial charge < -0.3 is 0 Å². The van der Waals surface area contributed by atoms with E-state index in [2.05, 4.69) is 4.98 Å². The number of hydrogen-bond donors (Lipinski definition) is 0. The van der Waals surface area contributed by atoms with Gasteiger partial charge in [0.05, 0.1) is 11.7 Å². The predicted molar refractivity (Wildman–Crippen MR) is 93.8 cm³/mol. The standard InChI is InChI=1S/C19H15F3N2O2S/c1-24(27(25,26)16-11-10-14(20)17(21)18(16)22)19(13-7-3-2-4-8-13)15-9-5-6-12-23-15/h2-12,19H,1H3/t19-/m0/s1. The molecule has 0 aliphatic rings. The summed E-state index contributed by atoms with van der Waals surface area (Å²) in [4.78, 5) is 3.26. The number of rotatable bonds is 5. The lowest BCUT2D eigenvalue weighted by atomic mass is 10.0. The van der Waals surface area contributed by atoms with Crippen LogP contribution in [0.4, 0.5) is 13.2 Å². The zero-order valence-corrected chi connectivity index (χ0v) is 15.0. The highest BCUT2D eigenvalue weighted by molar-refractivity contribution is 7.89. The summed E-state index contributed by atoms with van der Waals surface area (Å²) in [5.74, 6) is -5.05. The van der Waals surface area contributed by atoms with Gasteiger partial charge in [0.1, 0.15) is 4.90 Å². The average molecular weight is 392 g/mol.